The topological polar surface area (TPSA) is 30.2 Å². The number of ketones is 1. The Labute approximate surface area is 127 Å². The van der Waals surface area contributed by atoms with Gasteiger partial charge in [0.15, 0.2) is 5.76 Å². The first-order chi connectivity index (χ1) is 10.3. The summed E-state index contributed by atoms with van der Waals surface area (Å²) >= 11 is 1.70. The molecule has 104 valence electrons. The second kappa shape index (κ2) is 6.02. The molecule has 1 heterocycles. The molecule has 3 aromatic rings. The van der Waals surface area contributed by atoms with E-state index in [0.29, 0.717) is 5.76 Å². The zero-order chi connectivity index (χ0) is 14.7. The van der Waals surface area contributed by atoms with Crippen LogP contribution in [0.4, 0.5) is 0 Å². The van der Waals surface area contributed by atoms with Gasteiger partial charge in [0, 0.05) is 10.3 Å². The summed E-state index contributed by atoms with van der Waals surface area (Å²) in [4.78, 5) is 13.3. The zero-order valence-corrected chi connectivity index (χ0v) is 12.4. The van der Waals surface area contributed by atoms with Crippen molar-refractivity contribution >= 4 is 34.6 Å². The lowest BCUT2D eigenvalue weighted by Gasteiger charge is -1.96. The molecule has 0 atom stereocenters. The maximum Gasteiger partial charge on any atom is 0.221 e. The van der Waals surface area contributed by atoms with Crippen LogP contribution in [0, 0.1) is 0 Å². The minimum absolute atomic E-state index is 0.125. The number of allylic oxidation sites excluding steroid dienone is 1. The fourth-order valence-corrected chi connectivity index (χ4v) is 2.48. The quantitative estimate of drug-likeness (QED) is 0.383. The Morgan fingerprint density at radius 2 is 1.86 bits per heavy atom. The lowest BCUT2D eigenvalue weighted by atomic mass is 10.2. The Morgan fingerprint density at radius 3 is 2.57 bits per heavy atom. The van der Waals surface area contributed by atoms with E-state index < -0.39 is 0 Å². The molecule has 0 radical (unpaired) electrons. The summed E-state index contributed by atoms with van der Waals surface area (Å²) in [5.74, 6) is 0.244. The second-order valence-corrected chi connectivity index (χ2v) is 5.50. The van der Waals surface area contributed by atoms with E-state index >= 15 is 0 Å². The van der Waals surface area contributed by atoms with Gasteiger partial charge in [-0.2, -0.15) is 0 Å². The van der Waals surface area contributed by atoms with Gasteiger partial charge in [0.1, 0.15) is 5.58 Å². The van der Waals surface area contributed by atoms with Crippen molar-refractivity contribution in [1.29, 1.82) is 0 Å². The SMILES string of the molecule is CSc1ccc(/C=C/C(=O)c2cc3ccccc3o2)cc1. The van der Waals surface area contributed by atoms with Gasteiger partial charge in [-0.05, 0) is 42.2 Å². The van der Waals surface area contributed by atoms with Crippen LogP contribution in [0.25, 0.3) is 17.0 Å². The summed E-state index contributed by atoms with van der Waals surface area (Å²) in [5, 5.41) is 0.943. The highest BCUT2D eigenvalue weighted by molar-refractivity contribution is 7.98. The molecule has 0 bridgehead atoms. The van der Waals surface area contributed by atoms with Crippen LogP contribution >= 0.6 is 11.8 Å². The van der Waals surface area contributed by atoms with Crippen molar-refractivity contribution < 1.29 is 9.21 Å². The Kier molecular flexibility index (Phi) is 3.93. The third-order valence-corrected chi connectivity index (χ3v) is 3.95. The van der Waals surface area contributed by atoms with Gasteiger partial charge >= 0.3 is 0 Å². The highest BCUT2D eigenvalue weighted by atomic mass is 32.2. The van der Waals surface area contributed by atoms with Crippen molar-refractivity contribution in [2.45, 2.75) is 4.90 Å². The first-order valence-electron chi connectivity index (χ1n) is 6.61. The summed E-state index contributed by atoms with van der Waals surface area (Å²) in [6.45, 7) is 0. The van der Waals surface area contributed by atoms with E-state index in [4.69, 9.17) is 4.42 Å². The number of fused-ring (bicyclic) bond motifs is 1. The standard InChI is InChI=1S/C18H14O2S/c1-21-15-9-6-13(7-10-15)8-11-16(19)18-12-14-4-2-3-5-17(14)20-18/h2-12H,1H3/b11-8+. The van der Waals surface area contributed by atoms with Crippen LogP contribution in [0.15, 0.2) is 70.0 Å². The number of hydrogen-bond donors (Lipinski definition) is 0. The monoisotopic (exact) mass is 294 g/mol. The van der Waals surface area contributed by atoms with Crippen molar-refractivity contribution in [3.8, 4) is 0 Å². The summed E-state index contributed by atoms with van der Waals surface area (Å²) in [6.07, 6.45) is 5.39. The summed E-state index contributed by atoms with van der Waals surface area (Å²) in [6, 6.07) is 17.4. The molecule has 0 unspecified atom stereocenters. The smallest absolute Gasteiger partial charge is 0.221 e. The van der Waals surface area contributed by atoms with Gasteiger partial charge in [0.2, 0.25) is 5.78 Å². The van der Waals surface area contributed by atoms with E-state index in [0.717, 1.165) is 16.5 Å². The fourth-order valence-electron chi connectivity index (χ4n) is 2.07. The molecule has 0 saturated carbocycles. The van der Waals surface area contributed by atoms with E-state index in [9.17, 15) is 4.79 Å². The number of furan rings is 1. The first-order valence-corrected chi connectivity index (χ1v) is 7.84. The minimum atomic E-state index is -0.125. The molecule has 0 spiro atoms. The van der Waals surface area contributed by atoms with Crippen LogP contribution in [0.3, 0.4) is 0 Å². The average molecular weight is 294 g/mol. The molecule has 0 N–H and O–H groups in total. The maximum absolute atomic E-state index is 12.1. The highest BCUT2D eigenvalue weighted by Crippen LogP contribution is 2.20. The number of carbonyl (C=O) groups is 1. The third kappa shape index (κ3) is 3.09. The molecule has 0 amide bonds. The minimum Gasteiger partial charge on any atom is -0.453 e. The number of benzene rings is 2. The van der Waals surface area contributed by atoms with Crippen molar-refractivity contribution in [3.63, 3.8) is 0 Å². The van der Waals surface area contributed by atoms with Crippen LogP contribution in [0.1, 0.15) is 16.1 Å². The molecule has 1 aromatic heterocycles. The fraction of sp³-hybridized carbons (Fsp3) is 0.0556. The van der Waals surface area contributed by atoms with Gasteiger partial charge in [-0.25, -0.2) is 0 Å². The third-order valence-electron chi connectivity index (χ3n) is 3.21. The van der Waals surface area contributed by atoms with Gasteiger partial charge in [-0.1, -0.05) is 36.4 Å². The molecular weight excluding hydrogens is 280 g/mol. The summed E-state index contributed by atoms with van der Waals surface area (Å²) in [5.41, 5.74) is 1.73. The lowest BCUT2D eigenvalue weighted by molar-refractivity contribution is 0.102. The average Bonchev–Trinajstić information content (AvgIpc) is 2.97. The van der Waals surface area contributed by atoms with Crippen LogP contribution in [0.5, 0.6) is 0 Å². The van der Waals surface area contributed by atoms with Gasteiger partial charge in [-0.15, -0.1) is 11.8 Å². The molecular formula is C18H14O2S. The number of hydrogen-bond acceptors (Lipinski definition) is 3. The highest BCUT2D eigenvalue weighted by Gasteiger charge is 2.08. The molecule has 0 aliphatic rings. The number of carbonyl (C=O) groups excluding carboxylic acids is 1. The van der Waals surface area contributed by atoms with Crippen LogP contribution in [0.2, 0.25) is 0 Å². The lowest BCUT2D eigenvalue weighted by Crippen LogP contribution is -1.90. The largest absolute Gasteiger partial charge is 0.453 e. The molecule has 21 heavy (non-hydrogen) atoms. The molecule has 3 heteroatoms. The predicted molar refractivity (Wildman–Crippen MR) is 87.8 cm³/mol. The first kappa shape index (κ1) is 13.7. The Hall–Kier alpha value is -2.26. The second-order valence-electron chi connectivity index (χ2n) is 4.62. The molecule has 0 aliphatic heterocycles. The van der Waals surface area contributed by atoms with E-state index in [1.54, 1.807) is 30.0 Å². The van der Waals surface area contributed by atoms with E-state index in [-0.39, 0.29) is 5.78 Å². The zero-order valence-electron chi connectivity index (χ0n) is 11.6. The molecule has 0 fully saturated rings. The van der Waals surface area contributed by atoms with E-state index in [1.165, 1.54) is 4.90 Å². The molecule has 0 aliphatic carbocycles. The van der Waals surface area contributed by atoms with Gasteiger partial charge in [0.25, 0.3) is 0 Å². The molecule has 0 saturated heterocycles. The predicted octanol–water partition coefficient (Wildman–Crippen LogP) is 5.05. The van der Waals surface area contributed by atoms with E-state index in [2.05, 4.69) is 0 Å². The Morgan fingerprint density at radius 1 is 1.10 bits per heavy atom. The van der Waals surface area contributed by atoms with Crippen molar-refractivity contribution in [2.75, 3.05) is 6.26 Å². The molecule has 2 nitrogen and oxygen atoms in total. The number of thioether (sulfide) groups is 1. The Balaban J connectivity index is 1.79. The van der Waals surface area contributed by atoms with E-state index in [1.807, 2.05) is 54.8 Å². The normalized spacial score (nSPS) is 11.3. The summed E-state index contributed by atoms with van der Waals surface area (Å²) < 4.78 is 5.55. The Bertz CT molecular complexity index is 764. The molecule has 3 rings (SSSR count). The van der Waals surface area contributed by atoms with Crippen LogP contribution < -0.4 is 0 Å². The van der Waals surface area contributed by atoms with Gasteiger partial charge in [-0.3, -0.25) is 4.79 Å². The van der Waals surface area contributed by atoms with Crippen LogP contribution in [-0.4, -0.2) is 12.0 Å². The number of para-hydroxylation sites is 1. The maximum atomic E-state index is 12.1. The van der Waals surface area contributed by atoms with Crippen molar-refractivity contribution in [2.24, 2.45) is 0 Å². The summed E-state index contributed by atoms with van der Waals surface area (Å²) in [7, 11) is 0. The van der Waals surface area contributed by atoms with Crippen molar-refractivity contribution in [3.05, 3.63) is 72.0 Å². The van der Waals surface area contributed by atoms with Crippen LogP contribution in [-0.2, 0) is 0 Å². The van der Waals surface area contributed by atoms with Gasteiger partial charge in [0.05, 0.1) is 0 Å². The number of rotatable bonds is 4. The van der Waals surface area contributed by atoms with Gasteiger partial charge < -0.3 is 4.42 Å². The van der Waals surface area contributed by atoms with Crippen molar-refractivity contribution in [1.82, 2.24) is 0 Å². The molecule has 2 aromatic carbocycles.